The van der Waals surface area contributed by atoms with Gasteiger partial charge in [-0.05, 0) is 25.7 Å². The number of nitro benzene ring substituents is 1. The van der Waals surface area contributed by atoms with Crippen molar-refractivity contribution in [2.75, 3.05) is 5.32 Å². The summed E-state index contributed by atoms with van der Waals surface area (Å²) in [6.07, 6.45) is 2.56. The molecule has 1 aromatic carbocycles. The first-order chi connectivity index (χ1) is 9.88. The smallest absolute Gasteiger partial charge is 0.307 e. The zero-order chi connectivity index (χ0) is 15.6. The number of nitro groups is 1. The lowest BCUT2D eigenvalue weighted by Crippen LogP contribution is -2.32. The molecule has 114 valence electrons. The highest BCUT2D eigenvalue weighted by atomic mass is 19.1. The van der Waals surface area contributed by atoms with Gasteiger partial charge in [-0.25, -0.2) is 4.39 Å². The lowest BCUT2D eigenvalue weighted by molar-refractivity contribution is -0.387. The lowest BCUT2D eigenvalue weighted by Gasteiger charge is -2.25. The Morgan fingerprint density at radius 1 is 1.24 bits per heavy atom. The van der Waals surface area contributed by atoms with E-state index in [0.29, 0.717) is 37.8 Å². The molecule has 1 aliphatic rings. The highest BCUT2D eigenvalue weighted by Gasteiger charge is 2.26. The van der Waals surface area contributed by atoms with Gasteiger partial charge >= 0.3 is 5.69 Å². The Labute approximate surface area is 119 Å². The van der Waals surface area contributed by atoms with E-state index in [1.807, 2.05) is 0 Å². The van der Waals surface area contributed by atoms with Gasteiger partial charge in [0, 0.05) is 24.1 Å². The number of carbonyl (C=O) groups is 1. The third-order valence-electron chi connectivity index (χ3n) is 3.63. The predicted octanol–water partition coefficient (Wildman–Crippen LogP) is 2.33. The minimum atomic E-state index is -1.28. The summed E-state index contributed by atoms with van der Waals surface area (Å²) in [5.41, 5.74) is 4.47. The molecule has 2 rings (SSSR count). The molecule has 8 heteroatoms. The molecule has 0 aliphatic heterocycles. The maximum absolute atomic E-state index is 13.6. The van der Waals surface area contributed by atoms with Crippen molar-refractivity contribution in [1.82, 2.24) is 0 Å². The first kappa shape index (κ1) is 15.3. The van der Waals surface area contributed by atoms with Gasteiger partial charge in [-0.1, -0.05) is 0 Å². The summed E-state index contributed by atoms with van der Waals surface area (Å²) < 4.78 is 26.8. The molecule has 1 amide bonds. The molecule has 1 aromatic rings. The fourth-order valence-electron chi connectivity index (χ4n) is 2.39. The Morgan fingerprint density at radius 3 is 2.43 bits per heavy atom. The van der Waals surface area contributed by atoms with E-state index < -0.39 is 28.2 Å². The van der Waals surface area contributed by atoms with E-state index in [-0.39, 0.29) is 17.6 Å². The predicted molar refractivity (Wildman–Crippen MR) is 71.6 cm³/mol. The molecule has 0 heterocycles. The van der Waals surface area contributed by atoms with Crippen molar-refractivity contribution in [3.05, 3.63) is 33.9 Å². The van der Waals surface area contributed by atoms with Crippen molar-refractivity contribution in [2.45, 2.75) is 31.7 Å². The Bertz CT molecular complexity index is 572. The molecule has 6 nitrogen and oxygen atoms in total. The zero-order valence-corrected chi connectivity index (χ0v) is 11.1. The molecule has 0 radical (unpaired) electrons. The number of anilines is 1. The van der Waals surface area contributed by atoms with E-state index in [4.69, 9.17) is 5.73 Å². The molecule has 0 unspecified atom stereocenters. The fraction of sp³-hybridized carbons (Fsp3) is 0.462. The topological polar surface area (TPSA) is 98.3 Å². The van der Waals surface area contributed by atoms with Crippen LogP contribution in [0.5, 0.6) is 0 Å². The van der Waals surface area contributed by atoms with Crippen LogP contribution in [0.4, 0.5) is 20.2 Å². The van der Waals surface area contributed by atoms with Crippen LogP contribution in [0.1, 0.15) is 25.7 Å². The van der Waals surface area contributed by atoms with E-state index in [2.05, 4.69) is 5.32 Å². The molecule has 1 aliphatic carbocycles. The quantitative estimate of drug-likeness (QED) is 0.661. The molecular formula is C13H15F2N3O3. The number of carbonyl (C=O) groups excluding carboxylic acids is 1. The van der Waals surface area contributed by atoms with Crippen molar-refractivity contribution in [2.24, 2.45) is 11.7 Å². The van der Waals surface area contributed by atoms with Crippen molar-refractivity contribution < 1.29 is 18.5 Å². The number of halogens is 2. The maximum Gasteiger partial charge on any atom is 0.307 e. The van der Waals surface area contributed by atoms with Crippen LogP contribution in [0.15, 0.2) is 12.1 Å². The lowest BCUT2D eigenvalue weighted by atomic mass is 9.86. The number of hydrogen-bond donors (Lipinski definition) is 2. The molecule has 0 aromatic heterocycles. The first-order valence-corrected chi connectivity index (χ1v) is 6.58. The van der Waals surface area contributed by atoms with Crippen LogP contribution >= 0.6 is 0 Å². The second-order valence-corrected chi connectivity index (χ2v) is 5.14. The average Bonchev–Trinajstić information content (AvgIpc) is 2.42. The van der Waals surface area contributed by atoms with Gasteiger partial charge < -0.3 is 11.1 Å². The molecule has 21 heavy (non-hydrogen) atoms. The highest BCUT2D eigenvalue weighted by molar-refractivity contribution is 5.93. The number of nitrogens with two attached hydrogens (primary N) is 1. The Hall–Kier alpha value is -2.09. The molecule has 1 saturated carbocycles. The molecule has 0 bridgehead atoms. The third kappa shape index (κ3) is 3.52. The normalized spacial score (nSPS) is 21.9. The van der Waals surface area contributed by atoms with Crippen LogP contribution in [0.25, 0.3) is 0 Å². The summed E-state index contributed by atoms with van der Waals surface area (Å²) in [4.78, 5) is 21.7. The van der Waals surface area contributed by atoms with Crippen LogP contribution in [-0.2, 0) is 4.79 Å². The fourth-order valence-corrected chi connectivity index (χ4v) is 2.39. The van der Waals surface area contributed by atoms with Crippen LogP contribution in [0, 0.1) is 27.7 Å². The summed E-state index contributed by atoms with van der Waals surface area (Å²) in [6, 6.07) is 1.15. The number of benzene rings is 1. The highest BCUT2D eigenvalue weighted by Crippen LogP contribution is 2.28. The average molecular weight is 299 g/mol. The van der Waals surface area contributed by atoms with Gasteiger partial charge in [0.1, 0.15) is 5.82 Å². The van der Waals surface area contributed by atoms with Gasteiger partial charge in [0.2, 0.25) is 11.7 Å². The summed E-state index contributed by atoms with van der Waals surface area (Å²) in [6.45, 7) is 0. The van der Waals surface area contributed by atoms with Crippen molar-refractivity contribution in [3.8, 4) is 0 Å². The number of nitrogens with zero attached hydrogens (tertiary/aromatic N) is 1. The Balaban J connectivity index is 2.13. The standard InChI is InChI=1S/C13H15F2N3O3/c14-9-5-10(15)12(18(20)21)6-11(9)17-13(19)7-1-3-8(16)4-2-7/h5-8H,1-4,16H2,(H,17,19). The van der Waals surface area contributed by atoms with Gasteiger partial charge in [-0.3, -0.25) is 14.9 Å². The molecule has 0 saturated heterocycles. The molecule has 3 N–H and O–H groups in total. The minimum Gasteiger partial charge on any atom is -0.328 e. The second kappa shape index (κ2) is 6.13. The Morgan fingerprint density at radius 2 is 1.86 bits per heavy atom. The molecular weight excluding hydrogens is 284 g/mol. The van der Waals surface area contributed by atoms with Crippen molar-refractivity contribution in [1.29, 1.82) is 0 Å². The zero-order valence-electron chi connectivity index (χ0n) is 11.1. The Kier molecular flexibility index (Phi) is 4.46. The van der Waals surface area contributed by atoms with E-state index in [9.17, 15) is 23.7 Å². The van der Waals surface area contributed by atoms with E-state index in [1.54, 1.807) is 0 Å². The van der Waals surface area contributed by atoms with Crippen molar-refractivity contribution >= 4 is 17.3 Å². The summed E-state index contributed by atoms with van der Waals surface area (Å²) in [5.74, 6) is -3.06. The summed E-state index contributed by atoms with van der Waals surface area (Å²) in [5, 5.41) is 12.9. The van der Waals surface area contributed by atoms with Crippen LogP contribution < -0.4 is 11.1 Å². The van der Waals surface area contributed by atoms with Crippen LogP contribution in [0.2, 0.25) is 0 Å². The number of amides is 1. The minimum absolute atomic E-state index is 0.0673. The molecule has 1 fully saturated rings. The summed E-state index contributed by atoms with van der Waals surface area (Å²) >= 11 is 0. The first-order valence-electron chi connectivity index (χ1n) is 6.58. The third-order valence-corrected chi connectivity index (χ3v) is 3.63. The summed E-state index contributed by atoms with van der Waals surface area (Å²) in [7, 11) is 0. The number of rotatable bonds is 3. The molecule has 0 atom stereocenters. The molecule has 0 spiro atoms. The van der Waals surface area contributed by atoms with Gasteiger partial charge in [0.05, 0.1) is 10.6 Å². The SMILES string of the molecule is NC1CCC(C(=O)Nc2cc([N+](=O)[O-])c(F)cc2F)CC1. The monoisotopic (exact) mass is 299 g/mol. The number of nitrogens with one attached hydrogen (secondary N) is 1. The van der Waals surface area contributed by atoms with E-state index >= 15 is 0 Å². The van der Waals surface area contributed by atoms with Gasteiger partial charge in [-0.2, -0.15) is 4.39 Å². The van der Waals surface area contributed by atoms with Gasteiger partial charge in [0.15, 0.2) is 0 Å². The van der Waals surface area contributed by atoms with Gasteiger partial charge in [0.25, 0.3) is 0 Å². The van der Waals surface area contributed by atoms with E-state index in [1.165, 1.54) is 0 Å². The number of hydrogen-bond acceptors (Lipinski definition) is 4. The van der Waals surface area contributed by atoms with Crippen LogP contribution in [0.3, 0.4) is 0 Å². The maximum atomic E-state index is 13.6. The van der Waals surface area contributed by atoms with Crippen LogP contribution in [-0.4, -0.2) is 16.9 Å². The van der Waals surface area contributed by atoms with E-state index in [0.717, 1.165) is 0 Å². The van der Waals surface area contributed by atoms with Crippen molar-refractivity contribution in [3.63, 3.8) is 0 Å². The largest absolute Gasteiger partial charge is 0.328 e. The second-order valence-electron chi connectivity index (χ2n) is 5.14. The van der Waals surface area contributed by atoms with Gasteiger partial charge in [-0.15, -0.1) is 0 Å².